The van der Waals surface area contributed by atoms with Crippen LogP contribution in [-0.4, -0.2) is 44.5 Å². The Morgan fingerprint density at radius 1 is 0.960 bits per heavy atom. The van der Waals surface area contributed by atoms with E-state index in [2.05, 4.69) is 4.40 Å². The van der Waals surface area contributed by atoms with Gasteiger partial charge in [0.25, 0.3) is 10.0 Å². The Morgan fingerprint density at radius 2 is 1.48 bits per heavy atom. The van der Waals surface area contributed by atoms with E-state index in [1.54, 1.807) is 30.3 Å². The molecule has 0 aliphatic carbocycles. The summed E-state index contributed by atoms with van der Waals surface area (Å²) in [5.74, 6) is 0.464. The molecule has 0 N–H and O–H groups in total. The molecule has 0 saturated carbocycles. The normalized spacial score (nSPS) is 22.0. The fourth-order valence-corrected chi connectivity index (χ4v) is 4.05. The van der Waals surface area contributed by atoms with Gasteiger partial charge in [-0.05, 0) is 26.0 Å². The van der Waals surface area contributed by atoms with E-state index in [4.69, 9.17) is 4.74 Å². The maximum absolute atomic E-state index is 12.8. The van der Waals surface area contributed by atoms with Crippen LogP contribution in [0.25, 0.3) is 0 Å². The van der Waals surface area contributed by atoms with Gasteiger partial charge in [-0.3, -0.25) is 0 Å². The number of benzene rings is 2. The van der Waals surface area contributed by atoms with Gasteiger partial charge >= 0.3 is 0 Å². The molecule has 1 aliphatic rings. The van der Waals surface area contributed by atoms with E-state index in [0.717, 1.165) is 5.56 Å². The Morgan fingerprint density at radius 3 is 2.04 bits per heavy atom. The number of hydrogen-bond donors (Lipinski definition) is 0. The average Bonchev–Trinajstić information content (AvgIpc) is 2.60. The highest BCUT2D eigenvalue weighted by molar-refractivity contribution is 7.90. The minimum absolute atomic E-state index is 0.0112. The van der Waals surface area contributed by atoms with E-state index in [-0.39, 0.29) is 17.1 Å². The Labute approximate surface area is 149 Å². The van der Waals surface area contributed by atoms with Crippen LogP contribution in [0.15, 0.2) is 70.0 Å². The van der Waals surface area contributed by atoms with Crippen LogP contribution in [-0.2, 0) is 14.8 Å². The highest BCUT2D eigenvalue weighted by Crippen LogP contribution is 2.19. The molecule has 2 unspecified atom stereocenters. The molecule has 0 amide bonds. The summed E-state index contributed by atoms with van der Waals surface area (Å²) >= 11 is 0. The zero-order valence-corrected chi connectivity index (χ0v) is 15.2. The zero-order valence-electron chi connectivity index (χ0n) is 14.4. The lowest BCUT2D eigenvalue weighted by Gasteiger charge is -2.37. The zero-order chi connectivity index (χ0) is 17.9. The molecule has 132 valence electrons. The Balaban J connectivity index is 2.05. The smallest absolute Gasteiger partial charge is 0.284 e. The predicted octanol–water partition coefficient (Wildman–Crippen LogP) is 2.93. The number of morpholine rings is 1. The van der Waals surface area contributed by atoms with E-state index in [1.807, 2.05) is 49.1 Å². The second-order valence-corrected chi connectivity index (χ2v) is 7.84. The van der Waals surface area contributed by atoms with Crippen LogP contribution in [0.3, 0.4) is 0 Å². The first kappa shape index (κ1) is 17.6. The van der Waals surface area contributed by atoms with Gasteiger partial charge in [0.2, 0.25) is 0 Å². The average molecular weight is 358 g/mol. The topological polar surface area (TPSA) is 59.0 Å². The molecule has 25 heavy (non-hydrogen) atoms. The lowest BCUT2D eigenvalue weighted by molar-refractivity contribution is -0.0478. The van der Waals surface area contributed by atoms with Crippen molar-refractivity contribution in [3.05, 3.63) is 66.2 Å². The summed E-state index contributed by atoms with van der Waals surface area (Å²) in [5.41, 5.74) is 0.781. The number of amidine groups is 1. The quantitative estimate of drug-likeness (QED) is 0.625. The summed E-state index contributed by atoms with van der Waals surface area (Å²) < 4.78 is 35.5. The van der Waals surface area contributed by atoms with E-state index < -0.39 is 10.0 Å². The molecule has 6 heteroatoms. The molecule has 1 aliphatic heterocycles. The molecule has 5 nitrogen and oxygen atoms in total. The molecule has 1 heterocycles. The van der Waals surface area contributed by atoms with Crippen LogP contribution in [0.4, 0.5) is 0 Å². The van der Waals surface area contributed by atoms with Crippen molar-refractivity contribution in [2.75, 3.05) is 13.1 Å². The first-order chi connectivity index (χ1) is 12.0. The summed E-state index contributed by atoms with van der Waals surface area (Å²) in [4.78, 5) is 2.19. The Hall–Kier alpha value is -2.18. The largest absolute Gasteiger partial charge is 0.372 e. The van der Waals surface area contributed by atoms with Crippen LogP contribution in [0.5, 0.6) is 0 Å². The van der Waals surface area contributed by atoms with Crippen molar-refractivity contribution in [1.29, 1.82) is 0 Å². The summed E-state index contributed by atoms with van der Waals surface area (Å²) in [6.45, 7) is 5.17. The molecule has 0 spiro atoms. The summed E-state index contributed by atoms with van der Waals surface area (Å²) in [6.07, 6.45) is 0.0224. The molecule has 2 aromatic carbocycles. The van der Waals surface area contributed by atoms with E-state index >= 15 is 0 Å². The van der Waals surface area contributed by atoms with Gasteiger partial charge in [0.05, 0.1) is 17.1 Å². The molecule has 1 fully saturated rings. The van der Waals surface area contributed by atoms with E-state index in [9.17, 15) is 8.42 Å². The van der Waals surface area contributed by atoms with Crippen molar-refractivity contribution in [3.63, 3.8) is 0 Å². The third kappa shape index (κ3) is 4.27. The second-order valence-electron chi connectivity index (χ2n) is 6.23. The van der Waals surface area contributed by atoms with Crippen LogP contribution < -0.4 is 0 Å². The number of rotatable bonds is 3. The molecule has 0 aromatic heterocycles. The van der Waals surface area contributed by atoms with E-state index in [1.165, 1.54) is 0 Å². The van der Waals surface area contributed by atoms with Crippen molar-refractivity contribution in [2.45, 2.75) is 31.0 Å². The molecule has 1 saturated heterocycles. The summed E-state index contributed by atoms with van der Waals surface area (Å²) in [7, 11) is -3.79. The minimum atomic E-state index is -3.79. The van der Waals surface area contributed by atoms with Gasteiger partial charge in [0, 0.05) is 18.7 Å². The molecule has 0 bridgehead atoms. The highest BCUT2D eigenvalue weighted by atomic mass is 32.2. The van der Waals surface area contributed by atoms with E-state index in [0.29, 0.717) is 18.9 Å². The lowest BCUT2D eigenvalue weighted by Crippen LogP contribution is -2.48. The third-order valence-electron chi connectivity index (χ3n) is 4.00. The monoisotopic (exact) mass is 358 g/mol. The van der Waals surface area contributed by atoms with Crippen LogP contribution >= 0.6 is 0 Å². The lowest BCUT2D eigenvalue weighted by atomic mass is 10.1. The van der Waals surface area contributed by atoms with Gasteiger partial charge in [0.15, 0.2) is 0 Å². The maximum Gasteiger partial charge on any atom is 0.284 e. The molecule has 3 rings (SSSR count). The number of nitrogens with zero attached hydrogens (tertiary/aromatic N) is 2. The van der Waals surface area contributed by atoms with Gasteiger partial charge in [-0.15, -0.1) is 4.40 Å². The van der Waals surface area contributed by atoms with Gasteiger partial charge in [0.1, 0.15) is 5.84 Å². The first-order valence-electron chi connectivity index (χ1n) is 8.31. The van der Waals surface area contributed by atoms with Crippen molar-refractivity contribution < 1.29 is 13.2 Å². The maximum atomic E-state index is 12.8. The molecular weight excluding hydrogens is 336 g/mol. The highest BCUT2D eigenvalue weighted by Gasteiger charge is 2.27. The van der Waals surface area contributed by atoms with Crippen LogP contribution in [0.1, 0.15) is 19.4 Å². The predicted molar refractivity (Wildman–Crippen MR) is 98.2 cm³/mol. The van der Waals surface area contributed by atoms with Gasteiger partial charge < -0.3 is 9.64 Å². The Bertz CT molecular complexity index is 825. The molecule has 0 radical (unpaired) electrons. The number of sulfonamides is 1. The fraction of sp³-hybridized carbons (Fsp3) is 0.316. The van der Waals surface area contributed by atoms with Crippen molar-refractivity contribution in [2.24, 2.45) is 4.40 Å². The SMILES string of the molecule is CC1CN(C(=NS(=O)(=O)c2ccccc2)c2ccccc2)CC(C)O1. The van der Waals surface area contributed by atoms with Crippen LogP contribution in [0.2, 0.25) is 0 Å². The molecular formula is C19H22N2O3S. The van der Waals surface area contributed by atoms with Gasteiger partial charge in [-0.1, -0.05) is 48.5 Å². The number of ether oxygens (including phenoxy) is 1. The standard InChI is InChI=1S/C19H22N2O3S/c1-15-13-21(14-16(2)24-15)19(17-9-5-3-6-10-17)20-25(22,23)18-11-7-4-8-12-18/h3-12,15-16H,13-14H2,1-2H3. The fourth-order valence-electron chi connectivity index (χ4n) is 2.99. The summed E-state index contributed by atoms with van der Waals surface area (Å²) in [6, 6.07) is 17.7. The minimum Gasteiger partial charge on any atom is -0.372 e. The van der Waals surface area contributed by atoms with Crippen molar-refractivity contribution in [1.82, 2.24) is 4.90 Å². The third-order valence-corrected chi connectivity index (χ3v) is 5.28. The molecule has 2 atom stereocenters. The van der Waals surface area contributed by atoms with Crippen molar-refractivity contribution in [3.8, 4) is 0 Å². The van der Waals surface area contributed by atoms with Crippen LogP contribution in [0, 0.1) is 0 Å². The Kier molecular flexibility index (Phi) is 5.20. The van der Waals surface area contributed by atoms with Gasteiger partial charge in [-0.2, -0.15) is 8.42 Å². The number of hydrogen-bond acceptors (Lipinski definition) is 3. The van der Waals surface area contributed by atoms with Gasteiger partial charge in [-0.25, -0.2) is 0 Å². The first-order valence-corrected chi connectivity index (χ1v) is 9.75. The molecule has 2 aromatic rings. The second kappa shape index (κ2) is 7.37. The van der Waals surface area contributed by atoms with Crippen molar-refractivity contribution >= 4 is 15.9 Å². The summed E-state index contributed by atoms with van der Waals surface area (Å²) in [5, 5.41) is 0.